The van der Waals surface area contributed by atoms with Gasteiger partial charge in [0.25, 0.3) is 0 Å². The number of hydrogen-bond donors (Lipinski definition) is 1. The monoisotopic (exact) mass is 591 g/mol. The molecule has 0 aliphatic carbocycles. The first-order valence-electron chi connectivity index (χ1n) is 14.6. The fourth-order valence-corrected chi connectivity index (χ4v) is 5.54. The molecule has 1 aliphatic rings. The highest BCUT2D eigenvalue weighted by Gasteiger charge is 2.39. The van der Waals surface area contributed by atoms with Gasteiger partial charge in [0.05, 0.1) is 12.4 Å². The van der Waals surface area contributed by atoms with Gasteiger partial charge in [-0.1, -0.05) is 55.3 Å². The SMILES string of the molecule is C/C=C/[C@@H](c1ccc(Cl)cc1CCC)N1CCN(C(=O)OC(C)(C)C)C[C@@H]1C(=O)Nc1cccc(Cn2ccnc2)c1. The number of halogens is 1. The van der Waals surface area contributed by atoms with Crippen molar-refractivity contribution in [2.75, 3.05) is 25.0 Å². The van der Waals surface area contributed by atoms with Crippen LogP contribution in [0.25, 0.3) is 0 Å². The van der Waals surface area contributed by atoms with Crippen molar-refractivity contribution in [3.63, 3.8) is 0 Å². The zero-order valence-corrected chi connectivity index (χ0v) is 26.0. The average Bonchev–Trinajstić information content (AvgIpc) is 3.44. The third-order valence-corrected chi connectivity index (χ3v) is 7.41. The van der Waals surface area contributed by atoms with Crippen LogP contribution < -0.4 is 5.32 Å². The first-order chi connectivity index (χ1) is 20.1. The standard InChI is InChI=1S/C33H42ClN5O3/c1-6-9-25-20-26(34)13-14-28(25)29(10-7-2)39-18-17-38(32(41)42-33(3,4)5)22-30(39)31(40)36-27-12-8-11-24(19-27)21-37-16-15-35-23-37/h7-8,10-16,19-20,23,29-30H,6,9,17-18,21-22H2,1-5H3,(H,36,40)/b10-7+/t29-,30+/m0/s1. The number of rotatable bonds is 9. The van der Waals surface area contributed by atoms with Crippen LogP contribution in [0.2, 0.25) is 5.02 Å². The molecule has 0 unspecified atom stereocenters. The maximum atomic E-state index is 14.1. The zero-order valence-electron chi connectivity index (χ0n) is 25.2. The first-order valence-corrected chi connectivity index (χ1v) is 15.0. The minimum atomic E-state index is -0.631. The number of carbonyl (C=O) groups is 2. The summed E-state index contributed by atoms with van der Waals surface area (Å²) in [6, 6.07) is 13.0. The van der Waals surface area contributed by atoms with E-state index < -0.39 is 17.7 Å². The summed E-state index contributed by atoms with van der Waals surface area (Å²) < 4.78 is 7.66. The van der Waals surface area contributed by atoms with Crippen LogP contribution in [0.3, 0.4) is 0 Å². The van der Waals surface area contributed by atoms with Crippen molar-refractivity contribution in [3.05, 3.63) is 95.1 Å². The number of nitrogens with zero attached hydrogens (tertiary/aromatic N) is 4. The molecule has 0 radical (unpaired) electrons. The number of carbonyl (C=O) groups excluding carboxylic acids is 2. The van der Waals surface area contributed by atoms with Gasteiger partial charge in [0.2, 0.25) is 5.91 Å². The molecule has 1 aliphatic heterocycles. The Labute approximate surface area is 254 Å². The maximum absolute atomic E-state index is 14.1. The Morgan fingerprint density at radius 2 is 2.00 bits per heavy atom. The number of ether oxygens (including phenoxy) is 1. The summed E-state index contributed by atoms with van der Waals surface area (Å²) in [5.41, 5.74) is 3.39. The molecule has 1 fully saturated rings. The Bertz CT molecular complexity index is 1380. The second-order valence-electron chi connectivity index (χ2n) is 11.7. The molecule has 1 aromatic heterocycles. The van der Waals surface area contributed by atoms with E-state index in [9.17, 15) is 9.59 Å². The molecule has 3 aromatic rings. The second-order valence-corrected chi connectivity index (χ2v) is 12.1. The number of anilines is 1. The third-order valence-electron chi connectivity index (χ3n) is 7.17. The Kier molecular flexibility index (Phi) is 10.5. The van der Waals surface area contributed by atoms with E-state index in [2.05, 4.69) is 34.3 Å². The van der Waals surface area contributed by atoms with E-state index in [0.717, 1.165) is 29.5 Å². The van der Waals surface area contributed by atoms with Gasteiger partial charge in [-0.05, 0) is 75.1 Å². The predicted octanol–water partition coefficient (Wildman–Crippen LogP) is 6.71. The fourth-order valence-electron chi connectivity index (χ4n) is 5.34. The maximum Gasteiger partial charge on any atom is 0.410 e. The molecule has 2 amide bonds. The second kappa shape index (κ2) is 14.0. The topological polar surface area (TPSA) is 79.7 Å². The van der Waals surface area contributed by atoms with E-state index in [0.29, 0.717) is 30.3 Å². The summed E-state index contributed by atoms with van der Waals surface area (Å²) in [5.74, 6) is -0.177. The van der Waals surface area contributed by atoms with Gasteiger partial charge in [-0.3, -0.25) is 9.69 Å². The zero-order chi connectivity index (χ0) is 30.3. The highest BCUT2D eigenvalue weighted by Crippen LogP contribution is 2.32. The van der Waals surface area contributed by atoms with Gasteiger partial charge >= 0.3 is 6.09 Å². The number of hydrogen-bond acceptors (Lipinski definition) is 5. The molecule has 2 atom stereocenters. The summed E-state index contributed by atoms with van der Waals surface area (Å²) in [7, 11) is 0. The molecule has 42 heavy (non-hydrogen) atoms. The van der Waals surface area contributed by atoms with Gasteiger partial charge in [-0.2, -0.15) is 0 Å². The van der Waals surface area contributed by atoms with Gasteiger partial charge in [0, 0.05) is 49.3 Å². The summed E-state index contributed by atoms with van der Waals surface area (Å²) >= 11 is 6.39. The fraction of sp³-hybridized carbons (Fsp3) is 0.424. The quantitative estimate of drug-likeness (QED) is 0.280. The lowest BCUT2D eigenvalue weighted by Crippen LogP contribution is -2.60. The van der Waals surface area contributed by atoms with Crippen molar-refractivity contribution in [2.24, 2.45) is 0 Å². The van der Waals surface area contributed by atoms with E-state index in [-0.39, 0.29) is 18.5 Å². The number of allylic oxidation sites excluding steroid dienone is 1. The number of piperazine rings is 1. The van der Waals surface area contributed by atoms with Crippen molar-refractivity contribution in [1.29, 1.82) is 0 Å². The highest BCUT2D eigenvalue weighted by molar-refractivity contribution is 6.30. The number of nitrogens with one attached hydrogen (secondary N) is 1. The largest absolute Gasteiger partial charge is 0.444 e. The average molecular weight is 592 g/mol. The minimum absolute atomic E-state index is 0.169. The predicted molar refractivity (Wildman–Crippen MR) is 168 cm³/mol. The lowest BCUT2D eigenvalue weighted by atomic mass is 9.93. The number of imidazole rings is 1. The van der Waals surface area contributed by atoms with Crippen LogP contribution in [0.1, 0.15) is 63.8 Å². The van der Waals surface area contributed by atoms with Gasteiger partial charge in [0.15, 0.2) is 0 Å². The number of amides is 2. The number of aryl methyl sites for hydroxylation is 1. The Morgan fingerprint density at radius 1 is 1.19 bits per heavy atom. The number of benzene rings is 2. The van der Waals surface area contributed by atoms with Crippen LogP contribution in [-0.4, -0.2) is 62.6 Å². The molecule has 2 heterocycles. The molecule has 9 heteroatoms. The molecule has 0 spiro atoms. The molecule has 2 aromatic carbocycles. The van der Waals surface area contributed by atoms with E-state index >= 15 is 0 Å². The molecule has 4 rings (SSSR count). The molecule has 0 saturated carbocycles. The van der Waals surface area contributed by atoms with Crippen molar-refractivity contribution in [1.82, 2.24) is 19.4 Å². The van der Waals surface area contributed by atoms with Gasteiger partial charge in [-0.25, -0.2) is 9.78 Å². The van der Waals surface area contributed by atoms with Crippen LogP contribution in [0.5, 0.6) is 0 Å². The molecule has 1 N–H and O–H groups in total. The lowest BCUT2D eigenvalue weighted by molar-refractivity contribution is -0.124. The van der Waals surface area contributed by atoms with Crippen LogP contribution >= 0.6 is 11.6 Å². The summed E-state index contributed by atoms with van der Waals surface area (Å²) in [4.78, 5) is 35.1. The minimum Gasteiger partial charge on any atom is -0.444 e. The lowest BCUT2D eigenvalue weighted by Gasteiger charge is -2.44. The summed E-state index contributed by atoms with van der Waals surface area (Å²) in [5, 5.41) is 3.83. The van der Waals surface area contributed by atoms with Crippen LogP contribution in [-0.2, 0) is 22.5 Å². The van der Waals surface area contributed by atoms with Crippen LogP contribution in [0, 0.1) is 0 Å². The van der Waals surface area contributed by atoms with Gasteiger partial charge in [0.1, 0.15) is 11.6 Å². The van der Waals surface area contributed by atoms with Crippen LogP contribution in [0.4, 0.5) is 10.5 Å². The third kappa shape index (κ3) is 8.23. The summed E-state index contributed by atoms with van der Waals surface area (Å²) in [6.07, 6.45) is 11.0. The van der Waals surface area contributed by atoms with E-state index in [4.69, 9.17) is 16.3 Å². The van der Waals surface area contributed by atoms with Crippen molar-refractivity contribution in [2.45, 2.75) is 71.7 Å². The van der Waals surface area contributed by atoms with Crippen molar-refractivity contribution < 1.29 is 14.3 Å². The van der Waals surface area contributed by atoms with E-state index in [1.165, 1.54) is 0 Å². The Morgan fingerprint density at radius 3 is 2.69 bits per heavy atom. The molecular weight excluding hydrogens is 550 g/mol. The van der Waals surface area contributed by atoms with Crippen molar-refractivity contribution >= 4 is 29.3 Å². The molecular formula is C33H42ClN5O3. The van der Waals surface area contributed by atoms with Gasteiger partial charge in [-0.15, -0.1) is 0 Å². The Hall–Kier alpha value is -3.62. The molecule has 8 nitrogen and oxygen atoms in total. The number of aromatic nitrogens is 2. The molecule has 0 bridgehead atoms. The Balaban J connectivity index is 1.65. The normalized spacial score (nSPS) is 16.9. The first kappa shape index (κ1) is 31.3. The van der Waals surface area contributed by atoms with E-state index in [1.54, 1.807) is 17.4 Å². The van der Waals surface area contributed by atoms with Crippen molar-refractivity contribution in [3.8, 4) is 0 Å². The molecule has 224 valence electrons. The summed E-state index contributed by atoms with van der Waals surface area (Å²) in [6.45, 7) is 11.5. The molecule has 1 saturated heterocycles. The smallest absolute Gasteiger partial charge is 0.410 e. The van der Waals surface area contributed by atoms with Gasteiger partial charge < -0.3 is 19.5 Å². The van der Waals surface area contributed by atoms with E-state index in [1.807, 2.05) is 80.9 Å². The van der Waals surface area contributed by atoms with Crippen LogP contribution in [0.15, 0.2) is 73.3 Å². The highest BCUT2D eigenvalue weighted by atomic mass is 35.5.